The number of amides is 3. The molecule has 11 nitrogen and oxygen atoms in total. The number of allylic oxidation sites excluding steroid dienone is 1. The first-order valence-corrected chi connectivity index (χ1v) is 15.3. The van der Waals surface area contributed by atoms with Crippen LogP contribution in [0.4, 0.5) is 5.69 Å². The van der Waals surface area contributed by atoms with Gasteiger partial charge in [0.2, 0.25) is 11.8 Å². The number of fused-ring (bicyclic) bond motifs is 1. The topological polar surface area (TPSA) is 135 Å². The number of carbonyl (C=O) groups excluding carboxylic acids is 4. The predicted octanol–water partition coefficient (Wildman–Crippen LogP) is 2.62. The highest BCUT2D eigenvalue weighted by molar-refractivity contribution is 6.05. The second kappa shape index (κ2) is 13.9. The summed E-state index contributed by atoms with van der Waals surface area (Å²) in [4.78, 5) is 57.7. The number of hydrogen-bond acceptors (Lipinski definition) is 8. The van der Waals surface area contributed by atoms with Crippen molar-refractivity contribution in [3.63, 3.8) is 0 Å². The molecule has 2 N–H and O–H groups in total. The Kier molecular flexibility index (Phi) is 10.5. The van der Waals surface area contributed by atoms with Crippen molar-refractivity contribution in [2.24, 2.45) is 17.8 Å². The molecule has 3 saturated heterocycles. The highest BCUT2D eigenvalue weighted by Crippen LogP contribution is 2.59. The summed E-state index contributed by atoms with van der Waals surface area (Å²) in [6.45, 7) is 12.8. The van der Waals surface area contributed by atoms with E-state index in [4.69, 9.17) is 14.2 Å². The van der Waals surface area contributed by atoms with Crippen molar-refractivity contribution in [1.29, 1.82) is 0 Å². The van der Waals surface area contributed by atoms with Crippen molar-refractivity contribution >= 4 is 29.4 Å². The summed E-state index contributed by atoms with van der Waals surface area (Å²) in [6.07, 6.45) is 3.73. The molecule has 0 aliphatic carbocycles. The molecule has 0 radical (unpaired) electrons. The fourth-order valence-corrected chi connectivity index (χ4v) is 6.87. The zero-order chi connectivity index (χ0) is 32.2. The van der Waals surface area contributed by atoms with Gasteiger partial charge in [-0.25, -0.2) is 0 Å². The third-order valence-electron chi connectivity index (χ3n) is 9.00. The maximum atomic E-state index is 14.6. The second-order valence-corrected chi connectivity index (χ2v) is 12.1. The number of esters is 1. The average molecular weight is 612 g/mol. The lowest BCUT2D eigenvalue weighted by Gasteiger charge is -2.40. The van der Waals surface area contributed by atoms with Gasteiger partial charge in [-0.2, -0.15) is 0 Å². The molecular weight excluding hydrogens is 566 g/mol. The van der Waals surface area contributed by atoms with E-state index < -0.39 is 53.6 Å². The molecule has 44 heavy (non-hydrogen) atoms. The molecule has 1 spiro atoms. The number of nitrogens with zero attached hydrogens (tertiary/aromatic N) is 2. The van der Waals surface area contributed by atoms with E-state index in [-0.39, 0.29) is 43.8 Å². The molecule has 7 atom stereocenters. The van der Waals surface area contributed by atoms with Crippen LogP contribution in [0.25, 0.3) is 0 Å². The molecule has 0 unspecified atom stereocenters. The minimum Gasteiger partial charge on any atom is -0.497 e. The van der Waals surface area contributed by atoms with Gasteiger partial charge in [-0.05, 0) is 56.4 Å². The molecular formula is C33H45N3O8. The number of rotatable bonds is 15. The van der Waals surface area contributed by atoms with E-state index in [0.29, 0.717) is 30.7 Å². The van der Waals surface area contributed by atoms with Gasteiger partial charge in [0.1, 0.15) is 23.5 Å². The van der Waals surface area contributed by atoms with Gasteiger partial charge in [-0.15, -0.1) is 13.2 Å². The molecule has 1 aromatic rings. The molecule has 3 heterocycles. The average Bonchev–Trinajstić information content (AvgIpc) is 3.65. The zero-order valence-corrected chi connectivity index (χ0v) is 26.1. The minimum absolute atomic E-state index is 0.120. The molecule has 3 amide bonds. The van der Waals surface area contributed by atoms with E-state index in [1.54, 1.807) is 55.4 Å². The largest absolute Gasteiger partial charge is 0.497 e. The summed E-state index contributed by atoms with van der Waals surface area (Å²) < 4.78 is 17.6. The summed E-state index contributed by atoms with van der Waals surface area (Å²) in [5.41, 5.74) is -0.681. The summed E-state index contributed by atoms with van der Waals surface area (Å²) in [5.74, 6) is -2.99. The fourth-order valence-electron chi connectivity index (χ4n) is 6.87. The number of likely N-dealkylation sites (tertiary alicyclic amines) is 1. The van der Waals surface area contributed by atoms with Crippen LogP contribution in [0.2, 0.25) is 0 Å². The molecule has 3 fully saturated rings. The number of aliphatic hydroxyl groups is 1. The lowest BCUT2D eigenvalue weighted by Crippen LogP contribution is -2.59. The number of benzene rings is 1. The monoisotopic (exact) mass is 611 g/mol. The number of ether oxygens (including phenoxy) is 3. The third-order valence-corrected chi connectivity index (χ3v) is 9.00. The molecule has 4 rings (SSSR count). The fraction of sp³-hybridized carbons (Fsp3) is 0.576. The Labute approximate surface area is 259 Å². The maximum absolute atomic E-state index is 14.6. The first kappa shape index (κ1) is 33.2. The Hall–Kier alpha value is -3.70. The first-order valence-electron chi connectivity index (χ1n) is 15.3. The number of nitrogens with one attached hydrogen (secondary N) is 1. The highest BCUT2D eigenvalue weighted by atomic mass is 16.6. The Morgan fingerprint density at radius 2 is 1.91 bits per heavy atom. The van der Waals surface area contributed by atoms with Gasteiger partial charge in [-0.3, -0.25) is 19.2 Å². The zero-order valence-electron chi connectivity index (χ0n) is 26.1. The van der Waals surface area contributed by atoms with Crippen LogP contribution in [-0.2, 0) is 28.7 Å². The van der Waals surface area contributed by atoms with Crippen LogP contribution < -0.4 is 15.0 Å². The van der Waals surface area contributed by atoms with Crippen molar-refractivity contribution in [3.05, 3.63) is 49.6 Å². The van der Waals surface area contributed by atoms with Crippen LogP contribution in [0.15, 0.2) is 49.6 Å². The number of hydrogen-bond donors (Lipinski definition) is 2. The molecule has 11 heteroatoms. The van der Waals surface area contributed by atoms with Crippen LogP contribution in [0.5, 0.6) is 5.75 Å². The molecule has 0 saturated carbocycles. The number of carbonyl (C=O) groups is 4. The molecule has 240 valence electrons. The lowest BCUT2D eigenvalue weighted by atomic mass is 9.70. The number of methoxy groups -OCH3 is 1. The SMILES string of the molecule is C=CCCC(=O)NC[C@@H](C)OC(=O)[C@@H]1[C@@H]2CC[C@]3(O2)[C@H](C(=O)N(CC=C)c2ccc(OC)cc2)N([C@@H](CO)C(C)C)C(=O)[C@@H]13. The second-order valence-electron chi connectivity index (χ2n) is 12.1. The third kappa shape index (κ3) is 6.12. The van der Waals surface area contributed by atoms with Gasteiger partial charge >= 0.3 is 5.97 Å². The van der Waals surface area contributed by atoms with Crippen LogP contribution >= 0.6 is 0 Å². The van der Waals surface area contributed by atoms with Crippen LogP contribution in [0, 0.1) is 17.8 Å². The van der Waals surface area contributed by atoms with Crippen molar-refractivity contribution in [1.82, 2.24) is 10.2 Å². The molecule has 1 aromatic carbocycles. The number of anilines is 1. The smallest absolute Gasteiger partial charge is 0.312 e. The van der Waals surface area contributed by atoms with Gasteiger partial charge in [-0.1, -0.05) is 26.0 Å². The highest BCUT2D eigenvalue weighted by Gasteiger charge is 2.75. The van der Waals surface area contributed by atoms with Crippen LogP contribution in [0.1, 0.15) is 46.5 Å². The van der Waals surface area contributed by atoms with Gasteiger partial charge in [0.15, 0.2) is 0 Å². The first-order chi connectivity index (χ1) is 21.0. The molecule has 2 bridgehead atoms. The van der Waals surface area contributed by atoms with Gasteiger partial charge in [0.25, 0.3) is 5.91 Å². The van der Waals surface area contributed by atoms with Gasteiger partial charge in [0.05, 0.1) is 44.2 Å². The van der Waals surface area contributed by atoms with E-state index in [0.717, 1.165) is 0 Å². The Balaban J connectivity index is 1.66. The molecule has 3 aliphatic heterocycles. The molecule has 3 aliphatic rings. The maximum Gasteiger partial charge on any atom is 0.312 e. The Bertz CT molecular complexity index is 1250. The van der Waals surface area contributed by atoms with Crippen molar-refractivity contribution in [2.45, 2.75) is 76.3 Å². The normalized spacial score (nSPS) is 26.6. The van der Waals surface area contributed by atoms with E-state index in [9.17, 15) is 24.3 Å². The van der Waals surface area contributed by atoms with E-state index in [1.165, 1.54) is 4.90 Å². The standard InChI is InChI=1S/C33H45N3O8/c1-7-9-10-26(38)34-18-21(5)43-32(41)27-25-15-16-33(44-25)28(27)30(39)36(24(19-37)20(3)4)29(33)31(40)35(17-8-2)22-11-13-23(42-6)14-12-22/h7-8,11-14,20-21,24-25,27-29,37H,1-2,9-10,15-19H2,3-6H3,(H,34,38)/t21-,24+,25+,27-,28-,29+,33-/m1/s1. The summed E-state index contributed by atoms with van der Waals surface area (Å²) >= 11 is 0. The van der Waals surface area contributed by atoms with Crippen LogP contribution in [0.3, 0.4) is 0 Å². The predicted molar refractivity (Wildman–Crippen MR) is 164 cm³/mol. The van der Waals surface area contributed by atoms with E-state index in [1.807, 2.05) is 13.8 Å². The van der Waals surface area contributed by atoms with Gasteiger partial charge in [0, 0.05) is 18.7 Å². The quantitative estimate of drug-likeness (QED) is 0.228. The lowest BCUT2D eigenvalue weighted by molar-refractivity contribution is -0.160. The summed E-state index contributed by atoms with van der Waals surface area (Å²) in [5, 5.41) is 13.2. The summed E-state index contributed by atoms with van der Waals surface area (Å²) in [6, 6.07) is 5.25. The van der Waals surface area contributed by atoms with Gasteiger partial charge < -0.3 is 34.4 Å². The van der Waals surface area contributed by atoms with Crippen molar-refractivity contribution in [2.75, 3.05) is 31.7 Å². The van der Waals surface area contributed by atoms with Crippen molar-refractivity contribution < 1.29 is 38.5 Å². The van der Waals surface area contributed by atoms with Crippen molar-refractivity contribution in [3.8, 4) is 5.75 Å². The van der Waals surface area contributed by atoms with Crippen LogP contribution in [-0.4, -0.2) is 90.4 Å². The number of aliphatic hydroxyl groups excluding tert-OH is 1. The van der Waals surface area contributed by atoms with E-state index in [2.05, 4.69) is 18.5 Å². The molecule has 0 aromatic heterocycles. The Morgan fingerprint density at radius 3 is 2.50 bits per heavy atom. The Morgan fingerprint density at radius 1 is 1.20 bits per heavy atom. The minimum atomic E-state index is -1.27. The summed E-state index contributed by atoms with van der Waals surface area (Å²) in [7, 11) is 1.56. The van der Waals surface area contributed by atoms with E-state index >= 15 is 0 Å².